The first-order valence-corrected chi connectivity index (χ1v) is 8.26. The molecule has 0 saturated heterocycles. The Kier molecular flexibility index (Phi) is 4.79. The molecule has 0 aliphatic heterocycles. The van der Waals surface area contributed by atoms with Gasteiger partial charge in [0.25, 0.3) is 0 Å². The summed E-state index contributed by atoms with van der Waals surface area (Å²) >= 11 is 7.22. The van der Waals surface area contributed by atoms with Crippen LogP contribution in [0.2, 0.25) is 0 Å². The van der Waals surface area contributed by atoms with E-state index in [-0.39, 0.29) is 0 Å². The van der Waals surface area contributed by atoms with E-state index in [1.165, 1.54) is 19.8 Å². The molecule has 1 unspecified atom stereocenters. The third kappa shape index (κ3) is 3.41. The molecule has 0 spiro atoms. The van der Waals surface area contributed by atoms with Crippen molar-refractivity contribution in [3.05, 3.63) is 42.7 Å². The Balaban J connectivity index is 2.16. The third-order valence-electron chi connectivity index (χ3n) is 2.69. The van der Waals surface area contributed by atoms with Crippen LogP contribution < -0.4 is 5.32 Å². The van der Waals surface area contributed by atoms with E-state index in [0.29, 0.717) is 6.04 Å². The van der Waals surface area contributed by atoms with Crippen LogP contribution >= 0.6 is 38.6 Å². The standard InChI is InChI=1S/C13H16BrNS2/c1-3-15-11(7-10-4-5-16-8-10)12-6-9(2)13(14)17-12/h4-6,8,11,15H,3,7H2,1-2H3. The highest BCUT2D eigenvalue weighted by molar-refractivity contribution is 9.11. The molecule has 92 valence electrons. The maximum Gasteiger partial charge on any atom is 0.0731 e. The molecular weight excluding hydrogens is 314 g/mol. The highest BCUT2D eigenvalue weighted by Gasteiger charge is 2.15. The zero-order valence-electron chi connectivity index (χ0n) is 10.00. The number of aryl methyl sites for hydroxylation is 1. The summed E-state index contributed by atoms with van der Waals surface area (Å²) in [4.78, 5) is 1.42. The van der Waals surface area contributed by atoms with Crippen molar-refractivity contribution in [2.24, 2.45) is 0 Å². The van der Waals surface area contributed by atoms with Crippen LogP contribution in [0.1, 0.15) is 29.0 Å². The van der Waals surface area contributed by atoms with Crippen molar-refractivity contribution in [1.82, 2.24) is 5.32 Å². The molecule has 0 saturated carbocycles. The second kappa shape index (κ2) is 6.14. The zero-order valence-corrected chi connectivity index (χ0v) is 13.2. The second-order valence-electron chi connectivity index (χ2n) is 4.05. The molecule has 2 aromatic heterocycles. The number of nitrogens with one attached hydrogen (secondary N) is 1. The molecule has 1 nitrogen and oxygen atoms in total. The Morgan fingerprint density at radius 3 is 2.82 bits per heavy atom. The zero-order chi connectivity index (χ0) is 12.3. The molecule has 0 aliphatic rings. The molecule has 0 aliphatic carbocycles. The van der Waals surface area contributed by atoms with Crippen molar-refractivity contribution in [3.8, 4) is 0 Å². The van der Waals surface area contributed by atoms with Crippen molar-refractivity contribution in [2.75, 3.05) is 6.54 Å². The maximum atomic E-state index is 3.61. The molecule has 0 aromatic carbocycles. The van der Waals surface area contributed by atoms with Gasteiger partial charge in [0, 0.05) is 10.9 Å². The quantitative estimate of drug-likeness (QED) is 0.832. The SMILES string of the molecule is CCNC(Cc1ccsc1)c1cc(C)c(Br)s1. The van der Waals surface area contributed by atoms with Gasteiger partial charge in [-0.3, -0.25) is 0 Å². The van der Waals surface area contributed by atoms with Crippen LogP contribution in [0.15, 0.2) is 26.7 Å². The van der Waals surface area contributed by atoms with Crippen molar-refractivity contribution in [2.45, 2.75) is 26.3 Å². The van der Waals surface area contributed by atoms with E-state index in [1.807, 2.05) is 11.3 Å². The molecule has 2 aromatic rings. The lowest BCUT2D eigenvalue weighted by Crippen LogP contribution is -2.21. The predicted molar refractivity (Wildman–Crippen MR) is 81.2 cm³/mol. The molecule has 1 N–H and O–H groups in total. The van der Waals surface area contributed by atoms with Gasteiger partial charge in [0.2, 0.25) is 0 Å². The summed E-state index contributed by atoms with van der Waals surface area (Å²) in [6, 6.07) is 4.93. The van der Waals surface area contributed by atoms with Gasteiger partial charge in [-0.1, -0.05) is 6.92 Å². The first-order chi connectivity index (χ1) is 8.20. The second-order valence-corrected chi connectivity index (χ2v) is 7.23. The number of hydrogen-bond donors (Lipinski definition) is 1. The van der Waals surface area contributed by atoms with Gasteiger partial charge >= 0.3 is 0 Å². The average molecular weight is 330 g/mol. The van der Waals surface area contributed by atoms with Crippen LogP contribution in [0.3, 0.4) is 0 Å². The number of likely N-dealkylation sites (N-methyl/N-ethyl adjacent to an activating group) is 1. The van der Waals surface area contributed by atoms with E-state index in [2.05, 4.69) is 58.0 Å². The molecule has 2 heterocycles. The van der Waals surface area contributed by atoms with E-state index in [9.17, 15) is 0 Å². The summed E-state index contributed by atoms with van der Waals surface area (Å²) in [5, 5.41) is 7.95. The van der Waals surface area contributed by atoms with Gasteiger partial charge in [-0.15, -0.1) is 11.3 Å². The van der Waals surface area contributed by atoms with Gasteiger partial charge < -0.3 is 5.32 Å². The topological polar surface area (TPSA) is 12.0 Å². The Morgan fingerprint density at radius 2 is 2.29 bits per heavy atom. The fraction of sp³-hybridized carbons (Fsp3) is 0.385. The van der Waals surface area contributed by atoms with Gasteiger partial charge in [-0.05, 0) is 69.8 Å². The maximum absolute atomic E-state index is 3.61. The molecule has 0 amide bonds. The van der Waals surface area contributed by atoms with Gasteiger partial charge in [-0.25, -0.2) is 0 Å². The van der Waals surface area contributed by atoms with Crippen LogP contribution in [0.4, 0.5) is 0 Å². The summed E-state index contributed by atoms with van der Waals surface area (Å²) in [7, 11) is 0. The predicted octanol–water partition coefficient (Wildman–Crippen LogP) is 4.77. The van der Waals surface area contributed by atoms with Crippen LogP contribution in [0.5, 0.6) is 0 Å². The van der Waals surface area contributed by atoms with E-state index in [1.54, 1.807) is 11.3 Å². The lowest BCUT2D eigenvalue weighted by atomic mass is 10.1. The van der Waals surface area contributed by atoms with Gasteiger partial charge in [0.05, 0.1) is 3.79 Å². The number of hydrogen-bond acceptors (Lipinski definition) is 3. The Bertz CT molecular complexity index is 442. The van der Waals surface area contributed by atoms with Crippen molar-refractivity contribution < 1.29 is 0 Å². The fourth-order valence-electron chi connectivity index (χ4n) is 1.82. The molecule has 4 heteroatoms. The lowest BCUT2D eigenvalue weighted by molar-refractivity contribution is 0.559. The molecule has 1 atom stereocenters. The van der Waals surface area contributed by atoms with E-state index < -0.39 is 0 Å². The Hall–Kier alpha value is -0.160. The van der Waals surface area contributed by atoms with Crippen molar-refractivity contribution in [1.29, 1.82) is 0 Å². The monoisotopic (exact) mass is 329 g/mol. The smallest absolute Gasteiger partial charge is 0.0731 e. The van der Waals surface area contributed by atoms with Crippen LogP contribution in [-0.2, 0) is 6.42 Å². The average Bonchev–Trinajstić information content (AvgIpc) is 2.90. The molecule has 0 fully saturated rings. The normalized spacial score (nSPS) is 12.9. The van der Waals surface area contributed by atoms with Crippen LogP contribution in [-0.4, -0.2) is 6.54 Å². The summed E-state index contributed by atoms with van der Waals surface area (Å²) in [5.41, 5.74) is 2.75. The highest BCUT2D eigenvalue weighted by Crippen LogP contribution is 2.33. The van der Waals surface area contributed by atoms with E-state index >= 15 is 0 Å². The largest absolute Gasteiger partial charge is 0.309 e. The summed E-state index contributed by atoms with van der Waals surface area (Å²) < 4.78 is 1.25. The summed E-state index contributed by atoms with van der Waals surface area (Å²) in [6.07, 6.45) is 1.07. The summed E-state index contributed by atoms with van der Waals surface area (Å²) in [6.45, 7) is 5.32. The van der Waals surface area contributed by atoms with Crippen LogP contribution in [0, 0.1) is 6.92 Å². The molecule has 17 heavy (non-hydrogen) atoms. The lowest BCUT2D eigenvalue weighted by Gasteiger charge is -2.15. The minimum Gasteiger partial charge on any atom is -0.309 e. The van der Waals surface area contributed by atoms with Gasteiger partial charge in [0.1, 0.15) is 0 Å². The van der Waals surface area contributed by atoms with Gasteiger partial charge in [0.15, 0.2) is 0 Å². The molecule has 0 radical (unpaired) electrons. The molecule has 0 bridgehead atoms. The van der Waals surface area contributed by atoms with Crippen molar-refractivity contribution >= 4 is 38.6 Å². The Labute approximate surface area is 119 Å². The van der Waals surface area contributed by atoms with Crippen molar-refractivity contribution in [3.63, 3.8) is 0 Å². The highest BCUT2D eigenvalue weighted by atomic mass is 79.9. The number of rotatable bonds is 5. The van der Waals surface area contributed by atoms with E-state index in [0.717, 1.165) is 13.0 Å². The molecule has 2 rings (SSSR count). The number of thiophene rings is 2. The Morgan fingerprint density at radius 1 is 1.47 bits per heavy atom. The molecular formula is C13H16BrNS2. The van der Waals surface area contributed by atoms with E-state index in [4.69, 9.17) is 0 Å². The van der Waals surface area contributed by atoms with Crippen LogP contribution in [0.25, 0.3) is 0 Å². The minimum atomic E-state index is 0.435. The first kappa shape index (κ1) is 13.3. The fourth-order valence-corrected chi connectivity index (χ4v) is 4.15. The summed E-state index contributed by atoms with van der Waals surface area (Å²) in [5.74, 6) is 0. The minimum absolute atomic E-state index is 0.435. The third-order valence-corrected chi connectivity index (χ3v) is 5.67. The first-order valence-electron chi connectivity index (χ1n) is 5.71. The van der Waals surface area contributed by atoms with Gasteiger partial charge in [-0.2, -0.15) is 11.3 Å². The number of halogens is 1.